The van der Waals surface area contributed by atoms with E-state index in [1.165, 1.54) is 17.5 Å². The fourth-order valence-electron chi connectivity index (χ4n) is 2.16. The predicted octanol–water partition coefficient (Wildman–Crippen LogP) is 3.53. The van der Waals surface area contributed by atoms with Gasteiger partial charge in [0.1, 0.15) is 0 Å². The van der Waals surface area contributed by atoms with Crippen molar-refractivity contribution in [3.8, 4) is 0 Å². The van der Waals surface area contributed by atoms with Gasteiger partial charge in [0.2, 0.25) is 0 Å². The minimum absolute atomic E-state index is 0.181. The summed E-state index contributed by atoms with van der Waals surface area (Å²) >= 11 is 0. The Morgan fingerprint density at radius 1 is 1.17 bits per heavy atom. The van der Waals surface area contributed by atoms with Crippen molar-refractivity contribution >= 4 is 0 Å². The maximum absolute atomic E-state index is 6.01. The van der Waals surface area contributed by atoms with Crippen molar-refractivity contribution in [2.24, 2.45) is 5.73 Å². The summed E-state index contributed by atoms with van der Waals surface area (Å²) in [6.07, 6.45) is 7.61. The first-order valence-electron chi connectivity index (χ1n) is 6.74. The highest BCUT2D eigenvalue weighted by Gasteiger charge is 2.04. The molecule has 1 unspecified atom stereocenters. The van der Waals surface area contributed by atoms with Gasteiger partial charge in [0.25, 0.3) is 0 Å². The van der Waals surface area contributed by atoms with Crippen molar-refractivity contribution in [2.45, 2.75) is 38.8 Å². The van der Waals surface area contributed by atoms with Crippen LogP contribution >= 0.6 is 0 Å². The summed E-state index contributed by atoms with van der Waals surface area (Å²) in [5.41, 5.74) is 8.67. The number of rotatable bonds is 6. The molecule has 2 aromatic rings. The quantitative estimate of drug-likeness (QED) is 0.825. The summed E-state index contributed by atoms with van der Waals surface area (Å²) < 4.78 is 2.24. The van der Waals surface area contributed by atoms with E-state index in [0.29, 0.717) is 0 Å². The first-order chi connectivity index (χ1) is 8.79. The lowest BCUT2D eigenvalue weighted by Crippen LogP contribution is -2.07. The maximum Gasteiger partial charge on any atom is 0.0307 e. The van der Waals surface area contributed by atoms with Crippen molar-refractivity contribution in [1.82, 2.24) is 4.57 Å². The number of nitrogens with zero attached hydrogens (tertiary/aromatic N) is 1. The van der Waals surface area contributed by atoms with Crippen LogP contribution in [0.3, 0.4) is 0 Å². The average Bonchev–Trinajstić information content (AvgIpc) is 2.88. The third-order valence-corrected chi connectivity index (χ3v) is 3.37. The molecule has 0 bridgehead atoms. The van der Waals surface area contributed by atoms with Gasteiger partial charge in [-0.1, -0.05) is 37.3 Å². The molecule has 0 aliphatic rings. The van der Waals surface area contributed by atoms with Crippen molar-refractivity contribution < 1.29 is 0 Å². The number of hydrogen-bond donors (Lipinski definition) is 1. The van der Waals surface area contributed by atoms with E-state index in [2.05, 4.69) is 60.3 Å². The van der Waals surface area contributed by atoms with Gasteiger partial charge in [-0.3, -0.25) is 0 Å². The third kappa shape index (κ3) is 3.47. The molecular formula is C16H22N2. The zero-order valence-electron chi connectivity index (χ0n) is 11.0. The van der Waals surface area contributed by atoms with Gasteiger partial charge in [0, 0.05) is 25.0 Å². The Morgan fingerprint density at radius 2 is 1.94 bits per heavy atom. The average molecular weight is 242 g/mol. The lowest BCUT2D eigenvalue weighted by Gasteiger charge is -2.06. The van der Waals surface area contributed by atoms with Crippen LogP contribution in [0.2, 0.25) is 0 Å². The lowest BCUT2D eigenvalue weighted by atomic mass is 10.1. The van der Waals surface area contributed by atoms with Gasteiger partial charge >= 0.3 is 0 Å². The summed E-state index contributed by atoms with van der Waals surface area (Å²) in [5.74, 6) is 0. The van der Waals surface area contributed by atoms with E-state index >= 15 is 0 Å². The molecule has 0 aliphatic heterocycles. The standard InChI is InChI=1S/C16H22N2/c1-2-16(17)15-10-12-18(13-15)11-6-9-14-7-4-3-5-8-14/h3-5,7-8,10,12-13,16H,2,6,9,11,17H2,1H3. The summed E-state index contributed by atoms with van der Waals surface area (Å²) in [5, 5.41) is 0. The van der Waals surface area contributed by atoms with E-state index in [1.54, 1.807) is 0 Å². The monoisotopic (exact) mass is 242 g/mol. The summed E-state index contributed by atoms with van der Waals surface area (Å²) in [7, 11) is 0. The highest BCUT2D eigenvalue weighted by molar-refractivity contribution is 5.16. The molecule has 0 aliphatic carbocycles. The van der Waals surface area contributed by atoms with Crippen molar-refractivity contribution in [3.05, 3.63) is 59.9 Å². The Kier molecular flexibility index (Phi) is 4.59. The Morgan fingerprint density at radius 3 is 2.67 bits per heavy atom. The Balaban J connectivity index is 1.82. The summed E-state index contributed by atoms with van der Waals surface area (Å²) in [4.78, 5) is 0. The molecule has 1 aromatic carbocycles. The molecule has 0 amide bonds. The second-order valence-electron chi connectivity index (χ2n) is 4.79. The predicted molar refractivity (Wildman–Crippen MR) is 76.4 cm³/mol. The summed E-state index contributed by atoms with van der Waals surface area (Å²) in [6, 6.07) is 13.0. The molecule has 0 radical (unpaired) electrons. The van der Waals surface area contributed by atoms with Gasteiger partial charge in [0.05, 0.1) is 0 Å². The van der Waals surface area contributed by atoms with E-state index in [-0.39, 0.29) is 6.04 Å². The van der Waals surface area contributed by atoms with Gasteiger partial charge in [-0.15, -0.1) is 0 Å². The SMILES string of the molecule is CCC(N)c1ccn(CCCc2ccccc2)c1. The molecule has 18 heavy (non-hydrogen) atoms. The fourth-order valence-corrected chi connectivity index (χ4v) is 2.16. The Labute approximate surface area is 109 Å². The second kappa shape index (κ2) is 6.41. The van der Waals surface area contributed by atoms with E-state index in [1.807, 2.05) is 0 Å². The van der Waals surface area contributed by atoms with Crippen LogP contribution in [0.15, 0.2) is 48.8 Å². The smallest absolute Gasteiger partial charge is 0.0307 e. The molecular weight excluding hydrogens is 220 g/mol. The topological polar surface area (TPSA) is 30.9 Å². The molecule has 2 heteroatoms. The van der Waals surface area contributed by atoms with Crippen LogP contribution in [0.25, 0.3) is 0 Å². The van der Waals surface area contributed by atoms with Crippen LogP contribution in [0.1, 0.15) is 36.9 Å². The summed E-state index contributed by atoms with van der Waals surface area (Å²) in [6.45, 7) is 3.18. The molecule has 1 atom stereocenters. The van der Waals surface area contributed by atoms with Crippen LogP contribution in [0.4, 0.5) is 0 Å². The van der Waals surface area contributed by atoms with Gasteiger partial charge < -0.3 is 10.3 Å². The molecule has 0 fully saturated rings. The molecule has 2 N–H and O–H groups in total. The number of nitrogens with two attached hydrogens (primary N) is 1. The largest absolute Gasteiger partial charge is 0.354 e. The molecule has 0 saturated heterocycles. The van der Waals surface area contributed by atoms with Crippen molar-refractivity contribution in [3.63, 3.8) is 0 Å². The van der Waals surface area contributed by atoms with E-state index in [9.17, 15) is 0 Å². The van der Waals surface area contributed by atoms with E-state index in [4.69, 9.17) is 5.73 Å². The minimum Gasteiger partial charge on any atom is -0.354 e. The van der Waals surface area contributed by atoms with E-state index < -0.39 is 0 Å². The maximum atomic E-state index is 6.01. The first-order valence-corrected chi connectivity index (χ1v) is 6.74. The number of aryl methyl sites for hydroxylation is 2. The number of benzene rings is 1. The van der Waals surface area contributed by atoms with Gasteiger partial charge in [-0.25, -0.2) is 0 Å². The van der Waals surface area contributed by atoms with Crippen LogP contribution in [0.5, 0.6) is 0 Å². The minimum atomic E-state index is 0.181. The fraction of sp³-hybridized carbons (Fsp3) is 0.375. The second-order valence-corrected chi connectivity index (χ2v) is 4.79. The number of aromatic nitrogens is 1. The van der Waals surface area contributed by atoms with Crippen LogP contribution in [-0.2, 0) is 13.0 Å². The molecule has 0 spiro atoms. The van der Waals surface area contributed by atoms with Crippen molar-refractivity contribution in [2.75, 3.05) is 0 Å². The first kappa shape index (κ1) is 12.9. The molecule has 96 valence electrons. The number of hydrogen-bond acceptors (Lipinski definition) is 1. The van der Waals surface area contributed by atoms with Gasteiger partial charge in [-0.05, 0) is 36.5 Å². The zero-order valence-corrected chi connectivity index (χ0v) is 11.0. The molecule has 1 heterocycles. The van der Waals surface area contributed by atoms with Crippen LogP contribution in [0, 0.1) is 0 Å². The van der Waals surface area contributed by atoms with E-state index in [0.717, 1.165) is 19.4 Å². The molecule has 0 saturated carbocycles. The highest BCUT2D eigenvalue weighted by atomic mass is 14.9. The van der Waals surface area contributed by atoms with Crippen molar-refractivity contribution in [1.29, 1.82) is 0 Å². The van der Waals surface area contributed by atoms with Crippen LogP contribution < -0.4 is 5.73 Å². The Hall–Kier alpha value is -1.54. The third-order valence-electron chi connectivity index (χ3n) is 3.37. The highest BCUT2D eigenvalue weighted by Crippen LogP contribution is 2.14. The zero-order chi connectivity index (χ0) is 12.8. The van der Waals surface area contributed by atoms with Crippen LogP contribution in [-0.4, -0.2) is 4.57 Å². The van der Waals surface area contributed by atoms with Gasteiger partial charge in [-0.2, -0.15) is 0 Å². The lowest BCUT2D eigenvalue weighted by molar-refractivity contribution is 0.637. The molecule has 2 nitrogen and oxygen atoms in total. The molecule has 2 rings (SSSR count). The van der Waals surface area contributed by atoms with Gasteiger partial charge in [0.15, 0.2) is 0 Å². The molecule has 1 aromatic heterocycles. The Bertz CT molecular complexity index is 459. The normalized spacial score (nSPS) is 12.6.